The van der Waals surface area contributed by atoms with Gasteiger partial charge in [-0.2, -0.15) is 0 Å². The number of hydrogen-bond acceptors (Lipinski definition) is 9. The average molecular weight is 721 g/mol. The SMILES string of the molecule is CON(C)C(=O)C1CCN(C(=O)OC(C)(C)C)C1.Cc1cccc(Br)n1.Cc1cccc(C(=O)C2CCN(C(=O)OC(C)(C)C)C2)n1. The summed E-state index contributed by atoms with van der Waals surface area (Å²) in [5.41, 5.74) is 1.31. The smallest absolute Gasteiger partial charge is 0.410 e. The standard InChI is InChI=1S/C16H22N2O3.C12H22N2O4.C6H6BrN/c1-11-6-5-7-13(17-11)14(19)12-8-9-18(10-12)15(20)21-16(2,3)4;1-12(2,3)18-11(16)14-7-6-9(8-14)10(15)13(4)17-5;1-5-3-2-4-6(7)8-5/h5-7,12H,8-10H2,1-4H3;9H,6-8H2,1-5H3;2-4H,1H3. The van der Waals surface area contributed by atoms with Crippen molar-refractivity contribution < 1.29 is 33.5 Å². The maximum Gasteiger partial charge on any atom is 0.410 e. The molecule has 4 rings (SSSR count). The van der Waals surface area contributed by atoms with Crippen LogP contribution in [0.2, 0.25) is 0 Å². The van der Waals surface area contributed by atoms with Crippen LogP contribution in [-0.4, -0.2) is 100 Å². The number of ketones is 1. The lowest BCUT2D eigenvalue weighted by atomic mass is 10.0. The fourth-order valence-corrected chi connectivity index (χ4v) is 5.10. The molecule has 0 spiro atoms. The second kappa shape index (κ2) is 17.5. The molecule has 2 aromatic heterocycles. The molecule has 2 fully saturated rings. The summed E-state index contributed by atoms with van der Waals surface area (Å²) in [7, 11) is 3.01. The number of amides is 3. The highest BCUT2D eigenvalue weighted by atomic mass is 79.9. The van der Waals surface area contributed by atoms with Gasteiger partial charge in [-0.1, -0.05) is 12.1 Å². The van der Waals surface area contributed by atoms with Crippen LogP contribution in [0, 0.1) is 25.7 Å². The third-order valence-corrected chi connectivity index (χ3v) is 7.42. The van der Waals surface area contributed by atoms with E-state index in [1.807, 2.05) is 85.7 Å². The van der Waals surface area contributed by atoms with E-state index in [1.54, 1.807) is 22.9 Å². The van der Waals surface area contributed by atoms with Gasteiger partial charge >= 0.3 is 12.2 Å². The Morgan fingerprint density at radius 2 is 1.26 bits per heavy atom. The van der Waals surface area contributed by atoms with Gasteiger partial charge in [0.25, 0.3) is 5.91 Å². The Kier molecular flexibility index (Phi) is 14.8. The van der Waals surface area contributed by atoms with Gasteiger partial charge in [0.1, 0.15) is 21.5 Å². The van der Waals surface area contributed by atoms with Gasteiger partial charge in [0, 0.05) is 50.5 Å². The lowest BCUT2D eigenvalue weighted by Gasteiger charge is -2.24. The summed E-state index contributed by atoms with van der Waals surface area (Å²) in [6, 6.07) is 11.3. The van der Waals surface area contributed by atoms with Crippen molar-refractivity contribution in [1.29, 1.82) is 0 Å². The molecular formula is C34H50BrN5O7. The van der Waals surface area contributed by atoms with Crippen LogP contribution in [0.5, 0.6) is 0 Å². The number of hydroxylamine groups is 2. The van der Waals surface area contributed by atoms with E-state index in [2.05, 4.69) is 25.9 Å². The number of rotatable bonds is 4. The van der Waals surface area contributed by atoms with E-state index in [0.717, 1.165) is 16.0 Å². The highest BCUT2D eigenvalue weighted by molar-refractivity contribution is 9.10. The van der Waals surface area contributed by atoms with Crippen molar-refractivity contribution in [2.45, 2.75) is 79.4 Å². The maximum atomic E-state index is 12.4. The van der Waals surface area contributed by atoms with Crippen LogP contribution >= 0.6 is 15.9 Å². The molecule has 0 saturated carbocycles. The minimum absolute atomic E-state index is 0.00441. The number of ether oxygens (including phenoxy) is 2. The monoisotopic (exact) mass is 719 g/mol. The predicted octanol–water partition coefficient (Wildman–Crippen LogP) is 6.25. The van der Waals surface area contributed by atoms with Crippen molar-refractivity contribution in [2.75, 3.05) is 40.3 Å². The molecule has 47 heavy (non-hydrogen) atoms. The minimum atomic E-state index is -0.517. The molecule has 12 nitrogen and oxygen atoms in total. The number of nitrogens with zero attached hydrogens (tertiary/aromatic N) is 5. The van der Waals surface area contributed by atoms with Gasteiger partial charge in [0.15, 0.2) is 5.78 Å². The topological polar surface area (TPSA) is 131 Å². The lowest BCUT2D eigenvalue weighted by Crippen LogP contribution is -2.37. The first-order valence-electron chi connectivity index (χ1n) is 15.6. The first-order valence-corrected chi connectivity index (χ1v) is 16.4. The molecular weight excluding hydrogens is 670 g/mol. The van der Waals surface area contributed by atoms with Gasteiger partial charge in [0.05, 0.1) is 13.0 Å². The number of pyridine rings is 2. The normalized spacial score (nSPS) is 17.5. The minimum Gasteiger partial charge on any atom is -0.444 e. The Labute approximate surface area is 287 Å². The summed E-state index contributed by atoms with van der Waals surface area (Å²) in [6.07, 6.45) is 0.590. The van der Waals surface area contributed by atoms with Crippen LogP contribution in [0.25, 0.3) is 0 Å². The fraction of sp³-hybridized carbons (Fsp3) is 0.588. The number of carbonyl (C=O) groups is 4. The summed E-state index contributed by atoms with van der Waals surface area (Å²) in [5, 5.41) is 1.20. The maximum absolute atomic E-state index is 12.4. The quantitative estimate of drug-likeness (QED) is 0.205. The van der Waals surface area contributed by atoms with Crippen LogP contribution < -0.4 is 0 Å². The predicted molar refractivity (Wildman–Crippen MR) is 182 cm³/mol. The second-order valence-electron chi connectivity index (χ2n) is 13.5. The van der Waals surface area contributed by atoms with Crippen molar-refractivity contribution in [2.24, 2.45) is 11.8 Å². The fourth-order valence-electron chi connectivity index (χ4n) is 4.67. The molecule has 0 radical (unpaired) electrons. The van der Waals surface area contributed by atoms with Gasteiger partial charge in [0.2, 0.25) is 0 Å². The highest BCUT2D eigenvalue weighted by Gasteiger charge is 2.35. The lowest BCUT2D eigenvalue weighted by molar-refractivity contribution is -0.172. The van der Waals surface area contributed by atoms with E-state index in [9.17, 15) is 19.2 Å². The third-order valence-electron chi connectivity index (χ3n) is 6.98. The van der Waals surface area contributed by atoms with Gasteiger partial charge in [-0.15, -0.1) is 0 Å². The molecule has 0 aromatic carbocycles. The van der Waals surface area contributed by atoms with Crippen LogP contribution in [0.3, 0.4) is 0 Å². The molecule has 260 valence electrons. The molecule has 4 heterocycles. The molecule has 2 aliphatic rings. The Balaban J connectivity index is 0.000000268. The second-order valence-corrected chi connectivity index (χ2v) is 14.3. The summed E-state index contributed by atoms with van der Waals surface area (Å²) >= 11 is 3.25. The largest absolute Gasteiger partial charge is 0.444 e. The zero-order valence-corrected chi connectivity index (χ0v) is 30.9. The first kappa shape index (κ1) is 39.6. The summed E-state index contributed by atoms with van der Waals surface area (Å²) in [5.74, 6) is -0.498. The molecule has 2 unspecified atom stereocenters. The Bertz CT molecular complexity index is 1360. The summed E-state index contributed by atoms with van der Waals surface area (Å²) in [6.45, 7) is 16.7. The number of Topliss-reactive ketones (excluding diaryl/α,β-unsaturated/α-hetero) is 1. The van der Waals surface area contributed by atoms with Crippen molar-refractivity contribution in [3.63, 3.8) is 0 Å². The van der Waals surface area contributed by atoms with E-state index in [-0.39, 0.29) is 35.7 Å². The van der Waals surface area contributed by atoms with Gasteiger partial charge < -0.3 is 19.3 Å². The van der Waals surface area contributed by atoms with Crippen molar-refractivity contribution in [3.05, 3.63) is 58.1 Å². The Morgan fingerprint density at radius 3 is 1.68 bits per heavy atom. The van der Waals surface area contributed by atoms with E-state index >= 15 is 0 Å². The van der Waals surface area contributed by atoms with Crippen LogP contribution in [0.4, 0.5) is 9.59 Å². The van der Waals surface area contributed by atoms with Crippen molar-refractivity contribution in [1.82, 2.24) is 24.8 Å². The van der Waals surface area contributed by atoms with E-state index in [1.165, 1.54) is 12.2 Å². The number of hydrogen-bond donors (Lipinski definition) is 0. The molecule has 3 amide bonds. The highest BCUT2D eigenvalue weighted by Crippen LogP contribution is 2.23. The van der Waals surface area contributed by atoms with E-state index < -0.39 is 11.2 Å². The average Bonchev–Trinajstić information content (AvgIpc) is 3.66. The van der Waals surface area contributed by atoms with Gasteiger partial charge in [-0.05, 0) is 108 Å². The molecule has 0 N–H and O–H groups in total. The summed E-state index contributed by atoms with van der Waals surface area (Å²) in [4.78, 5) is 64.4. The zero-order chi connectivity index (χ0) is 35.5. The Morgan fingerprint density at radius 1 is 0.787 bits per heavy atom. The van der Waals surface area contributed by atoms with Crippen LogP contribution in [0.15, 0.2) is 41.0 Å². The molecule has 2 aliphatic heterocycles. The van der Waals surface area contributed by atoms with Crippen LogP contribution in [-0.2, 0) is 19.1 Å². The molecule has 2 atom stereocenters. The van der Waals surface area contributed by atoms with E-state index in [4.69, 9.17) is 14.3 Å². The molecule has 2 aromatic rings. The molecule has 0 bridgehead atoms. The van der Waals surface area contributed by atoms with E-state index in [0.29, 0.717) is 44.7 Å². The third kappa shape index (κ3) is 14.0. The number of carbonyl (C=O) groups excluding carboxylic acids is 4. The van der Waals surface area contributed by atoms with Crippen molar-refractivity contribution >= 4 is 39.8 Å². The molecule has 0 aliphatic carbocycles. The Hall–Kier alpha value is -3.58. The first-order chi connectivity index (χ1) is 21.8. The zero-order valence-electron chi connectivity index (χ0n) is 29.3. The molecule has 2 saturated heterocycles. The van der Waals surface area contributed by atoms with Gasteiger partial charge in [-0.3, -0.25) is 19.4 Å². The number of aryl methyl sites for hydroxylation is 2. The van der Waals surface area contributed by atoms with Crippen molar-refractivity contribution in [3.8, 4) is 0 Å². The number of likely N-dealkylation sites (tertiary alicyclic amines) is 2. The van der Waals surface area contributed by atoms with Crippen LogP contribution in [0.1, 0.15) is 76.3 Å². The summed E-state index contributed by atoms with van der Waals surface area (Å²) < 4.78 is 11.5. The van der Waals surface area contributed by atoms with Gasteiger partial charge in [-0.25, -0.2) is 19.6 Å². The number of aromatic nitrogens is 2. The number of halogens is 1. The molecule has 13 heteroatoms.